The lowest BCUT2D eigenvalue weighted by Gasteiger charge is -2.31. The highest BCUT2D eigenvalue weighted by molar-refractivity contribution is 9.12. The van der Waals surface area contributed by atoms with E-state index in [1.165, 1.54) is 18.9 Å². The molecule has 1 rings (SSSR count). The molecule has 0 bridgehead atoms. The van der Waals surface area contributed by atoms with Crippen molar-refractivity contribution in [3.63, 3.8) is 0 Å². The quantitative estimate of drug-likeness (QED) is 0.129. The highest BCUT2D eigenvalue weighted by Crippen LogP contribution is 2.14. The third-order valence-corrected chi connectivity index (χ3v) is 9.75. The number of ether oxygens (including phenoxy) is 2. The van der Waals surface area contributed by atoms with E-state index in [0.29, 0.717) is 11.8 Å². The van der Waals surface area contributed by atoms with Crippen LogP contribution in [-0.4, -0.2) is 101 Å². The van der Waals surface area contributed by atoms with Crippen molar-refractivity contribution in [2.24, 2.45) is 11.8 Å². The first-order valence-corrected chi connectivity index (χ1v) is 18.4. The van der Waals surface area contributed by atoms with Crippen LogP contribution in [0.25, 0.3) is 0 Å². The molecule has 0 aliphatic rings. The fourth-order valence-corrected chi connectivity index (χ4v) is 5.15. The van der Waals surface area contributed by atoms with Gasteiger partial charge >= 0.3 is 12.1 Å². The Morgan fingerprint density at radius 3 is 2.00 bits per heavy atom. The van der Waals surface area contributed by atoms with Gasteiger partial charge in [0.2, 0.25) is 23.6 Å². The number of nitrogens with zero attached hydrogens (tertiary/aromatic N) is 1. The largest absolute Gasteiger partial charge is 0.467 e. The monoisotopic (exact) mass is 817 g/mol. The number of alkyl halides is 2. The summed E-state index contributed by atoms with van der Waals surface area (Å²) >= 11 is 6.91. The average molecular weight is 820 g/mol. The number of rotatable bonds is 18. The molecule has 5 amide bonds. The summed E-state index contributed by atoms with van der Waals surface area (Å²) in [7, 11) is 1.24. The number of carbonyl (C=O) groups is 6. The first kappa shape index (κ1) is 43.8. The third kappa shape index (κ3) is 15.9. The van der Waals surface area contributed by atoms with Gasteiger partial charge in [-0.05, 0) is 45.1 Å². The van der Waals surface area contributed by atoms with Crippen LogP contribution in [0.3, 0.4) is 0 Å². The van der Waals surface area contributed by atoms with Gasteiger partial charge in [-0.1, -0.05) is 96.3 Å². The second-order valence-corrected chi connectivity index (χ2v) is 15.2. The van der Waals surface area contributed by atoms with Gasteiger partial charge in [-0.2, -0.15) is 0 Å². The molecule has 0 spiro atoms. The second kappa shape index (κ2) is 21.1. The van der Waals surface area contributed by atoms with Crippen molar-refractivity contribution in [3.8, 4) is 0 Å². The Bertz CT molecular complexity index is 1260. The van der Waals surface area contributed by atoms with Gasteiger partial charge < -0.3 is 35.6 Å². The molecule has 0 saturated carbocycles. The van der Waals surface area contributed by atoms with Gasteiger partial charge in [0.25, 0.3) is 0 Å². The number of benzene rings is 1. The molecule has 1 aromatic carbocycles. The van der Waals surface area contributed by atoms with E-state index >= 15 is 0 Å². The Balaban J connectivity index is 3.33. The molecule has 0 aliphatic heterocycles. The predicted octanol–water partition coefficient (Wildman–Crippen LogP) is 3.46. The van der Waals surface area contributed by atoms with E-state index in [1.807, 2.05) is 25.1 Å². The normalized spacial score (nSPS) is 15.0. The maximum Gasteiger partial charge on any atom is 0.408 e. The van der Waals surface area contributed by atoms with Crippen LogP contribution in [0.15, 0.2) is 30.3 Å². The van der Waals surface area contributed by atoms with E-state index in [1.54, 1.807) is 53.7 Å². The van der Waals surface area contributed by atoms with Crippen LogP contribution in [-0.2, 0) is 39.9 Å². The molecule has 1 aromatic rings. The minimum absolute atomic E-state index is 0.0856. The summed E-state index contributed by atoms with van der Waals surface area (Å²) in [5.41, 5.74) is -0.0195. The molecule has 0 heterocycles. The molecular formula is C34H53Br2N5O8. The lowest BCUT2D eigenvalue weighted by molar-refractivity contribution is -0.147. The molecular weight excluding hydrogens is 766 g/mol. The highest BCUT2D eigenvalue weighted by Gasteiger charge is 2.34. The number of esters is 1. The fraction of sp³-hybridized carbons (Fsp3) is 0.647. The average Bonchev–Trinajstić information content (AvgIpc) is 3.03. The molecule has 0 aliphatic carbocycles. The van der Waals surface area contributed by atoms with Crippen molar-refractivity contribution in [1.82, 2.24) is 26.2 Å². The molecule has 1 unspecified atom stereocenters. The molecule has 6 atom stereocenters. The van der Waals surface area contributed by atoms with E-state index in [2.05, 4.69) is 53.1 Å². The van der Waals surface area contributed by atoms with E-state index in [0.717, 1.165) is 5.56 Å². The summed E-state index contributed by atoms with van der Waals surface area (Å²) in [6, 6.07) is 4.99. The third-order valence-electron chi connectivity index (χ3n) is 7.49. The van der Waals surface area contributed by atoms with Gasteiger partial charge in [0.05, 0.1) is 13.7 Å². The summed E-state index contributed by atoms with van der Waals surface area (Å²) < 4.78 is 10.1. The zero-order chi connectivity index (χ0) is 37.5. The first-order chi connectivity index (χ1) is 22.8. The standard InChI is InChI=1S/C34H53Br2N5O8/c1-10-21(4)28(30(44)40-27(20(2)3)32(46)48-9)39-26(42)19-41(18-24(36)17-35)31(45)25(16-23-14-12-11-13-15-23)38-29(43)22(5)37-33(47)49-34(6,7)8/h11-15,20-22,24-25,27-28H,10,16-19H2,1-9H3,(H,37,47)(H,38,43)(H,39,42)(H,40,44)/t21-,22-,24?,25-,27-,28-/m0/s1. The van der Waals surface area contributed by atoms with Crippen molar-refractivity contribution in [3.05, 3.63) is 35.9 Å². The zero-order valence-electron chi connectivity index (χ0n) is 29.9. The minimum Gasteiger partial charge on any atom is -0.467 e. The van der Waals surface area contributed by atoms with E-state index in [4.69, 9.17) is 9.47 Å². The van der Waals surface area contributed by atoms with Gasteiger partial charge in [-0.3, -0.25) is 19.2 Å². The Hall–Kier alpha value is -3.20. The highest BCUT2D eigenvalue weighted by atomic mass is 79.9. The van der Waals surface area contributed by atoms with Crippen molar-refractivity contribution in [2.45, 2.75) is 103 Å². The number of hydrogen-bond acceptors (Lipinski definition) is 8. The minimum atomic E-state index is -1.11. The Morgan fingerprint density at radius 2 is 1.49 bits per heavy atom. The van der Waals surface area contributed by atoms with Crippen molar-refractivity contribution < 1.29 is 38.2 Å². The van der Waals surface area contributed by atoms with E-state index < -0.39 is 72.0 Å². The number of alkyl carbamates (subject to hydrolysis) is 1. The summed E-state index contributed by atoms with van der Waals surface area (Å²) in [5.74, 6) is -3.51. The predicted molar refractivity (Wildman–Crippen MR) is 194 cm³/mol. The van der Waals surface area contributed by atoms with Crippen LogP contribution in [0.1, 0.15) is 67.4 Å². The molecule has 0 aromatic heterocycles. The number of hydrogen-bond donors (Lipinski definition) is 4. The molecule has 15 heteroatoms. The lowest BCUT2D eigenvalue weighted by atomic mass is 9.96. The van der Waals surface area contributed by atoms with Crippen LogP contribution >= 0.6 is 31.9 Å². The van der Waals surface area contributed by atoms with Gasteiger partial charge in [0, 0.05) is 23.1 Å². The van der Waals surface area contributed by atoms with Crippen LogP contribution < -0.4 is 21.3 Å². The summed E-state index contributed by atoms with van der Waals surface area (Å²) in [4.78, 5) is 80.1. The Kier molecular flexibility index (Phi) is 18.9. The summed E-state index contributed by atoms with van der Waals surface area (Å²) in [6.07, 6.45) is -0.143. The Morgan fingerprint density at radius 1 is 0.878 bits per heavy atom. The van der Waals surface area contributed by atoms with Gasteiger partial charge in [0.1, 0.15) is 29.8 Å². The zero-order valence-corrected chi connectivity index (χ0v) is 33.1. The molecule has 4 N–H and O–H groups in total. The number of nitrogens with one attached hydrogen (secondary N) is 4. The molecule has 13 nitrogen and oxygen atoms in total. The van der Waals surface area contributed by atoms with E-state index in [-0.39, 0.29) is 29.6 Å². The van der Waals surface area contributed by atoms with Crippen molar-refractivity contribution >= 4 is 67.6 Å². The number of methoxy groups -OCH3 is 1. The number of halogens is 2. The van der Waals surface area contributed by atoms with Crippen LogP contribution in [0.4, 0.5) is 4.79 Å². The smallest absolute Gasteiger partial charge is 0.408 e. The maximum atomic E-state index is 14.2. The summed E-state index contributed by atoms with van der Waals surface area (Å²) in [6.45, 7) is 13.4. The first-order valence-electron chi connectivity index (χ1n) is 16.3. The number of amides is 5. The molecule has 0 fully saturated rings. The Labute approximate surface area is 307 Å². The van der Waals surface area contributed by atoms with Crippen molar-refractivity contribution in [2.75, 3.05) is 25.5 Å². The molecule has 276 valence electrons. The molecule has 0 radical (unpaired) electrons. The van der Waals surface area contributed by atoms with Crippen LogP contribution in [0.5, 0.6) is 0 Å². The maximum absolute atomic E-state index is 14.2. The van der Waals surface area contributed by atoms with Gasteiger partial charge in [0.15, 0.2) is 0 Å². The van der Waals surface area contributed by atoms with E-state index in [9.17, 15) is 28.8 Å². The van der Waals surface area contributed by atoms with Crippen LogP contribution in [0, 0.1) is 11.8 Å². The SMILES string of the molecule is CC[C@H](C)[C@H](NC(=O)CN(CC(Br)CBr)C(=O)[C@H](Cc1ccccc1)NC(=O)[C@H](C)NC(=O)OC(C)(C)C)C(=O)N[C@H](C(=O)OC)C(C)C. The summed E-state index contributed by atoms with van der Waals surface area (Å²) in [5, 5.41) is 11.1. The topological polar surface area (TPSA) is 172 Å². The van der Waals surface area contributed by atoms with Gasteiger partial charge in [-0.25, -0.2) is 9.59 Å². The lowest BCUT2D eigenvalue weighted by Crippen LogP contribution is -2.58. The number of carbonyl (C=O) groups excluding carboxylic acids is 6. The molecule has 0 saturated heterocycles. The van der Waals surface area contributed by atoms with Crippen molar-refractivity contribution in [1.29, 1.82) is 0 Å². The van der Waals surface area contributed by atoms with Crippen LogP contribution in [0.2, 0.25) is 0 Å². The molecule has 49 heavy (non-hydrogen) atoms. The van der Waals surface area contributed by atoms with Gasteiger partial charge in [-0.15, -0.1) is 0 Å². The second-order valence-electron chi connectivity index (χ2n) is 13.3. The fourth-order valence-electron chi connectivity index (χ4n) is 4.60.